The van der Waals surface area contributed by atoms with E-state index in [-0.39, 0.29) is 24.2 Å². The predicted molar refractivity (Wildman–Crippen MR) is 78.0 cm³/mol. The van der Waals surface area contributed by atoms with Crippen LogP contribution < -0.4 is 4.74 Å². The van der Waals surface area contributed by atoms with Gasteiger partial charge in [-0.15, -0.1) is 0 Å². The van der Waals surface area contributed by atoms with Crippen molar-refractivity contribution in [3.05, 3.63) is 30.1 Å². The number of hydrogen-bond donors (Lipinski definition) is 1. The van der Waals surface area contributed by atoms with Crippen LogP contribution in [0.15, 0.2) is 24.3 Å². The molecule has 120 valence electrons. The third-order valence-corrected chi connectivity index (χ3v) is 3.62. The molecule has 1 saturated carbocycles. The van der Waals surface area contributed by atoms with Crippen LogP contribution in [0.4, 0.5) is 4.39 Å². The van der Waals surface area contributed by atoms with E-state index in [9.17, 15) is 14.0 Å². The number of benzene rings is 1. The molecule has 1 aromatic carbocycles. The van der Waals surface area contributed by atoms with Crippen molar-refractivity contribution < 1.29 is 23.8 Å². The van der Waals surface area contributed by atoms with Gasteiger partial charge in [0.05, 0.1) is 5.92 Å². The lowest BCUT2D eigenvalue weighted by Crippen LogP contribution is -2.45. The molecule has 5 nitrogen and oxygen atoms in total. The molecule has 0 aromatic heterocycles. The van der Waals surface area contributed by atoms with E-state index in [1.807, 2.05) is 0 Å². The molecule has 1 aliphatic rings. The molecule has 0 spiro atoms. The third-order valence-electron chi connectivity index (χ3n) is 3.62. The van der Waals surface area contributed by atoms with E-state index >= 15 is 0 Å². The SMILES string of the molecule is CC(CN(C(=O)C(C)Oc1cccc(F)c1)C1CC1)C(=O)O. The van der Waals surface area contributed by atoms with Gasteiger partial charge in [-0.3, -0.25) is 9.59 Å². The van der Waals surface area contributed by atoms with Gasteiger partial charge < -0.3 is 14.7 Å². The van der Waals surface area contributed by atoms with E-state index in [2.05, 4.69) is 0 Å². The fourth-order valence-corrected chi connectivity index (χ4v) is 2.21. The second-order valence-corrected chi connectivity index (χ2v) is 5.68. The number of nitrogens with zero attached hydrogens (tertiary/aromatic N) is 1. The molecule has 2 rings (SSSR count). The van der Waals surface area contributed by atoms with E-state index in [4.69, 9.17) is 9.84 Å². The maximum atomic E-state index is 13.1. The van der Waals surface area contributed by atoms with E-state index in [0.29, 0.717) is 0 Å². The summed E-state index contributed by atoms with van der Waals surface area (Å²) in [6.45, 7) is 3.33. The summed E-state index contributed by atoms with van der Waals surface area (Å²) in [7, 11) is 0. The monoisotopic (exact) mass is 309 g/mol. The Morgan fingerprint density at radius 2 is 2.09 bits per heavy atom. The minimum Gasteiger partial charge on any atom is -0.481 e. The number of hydrogen-bond acceptors (Lipinski definition) is 3. The standard InChI is InChI=1S/C16H20FNO4/c1-10(16(20)21)9-18(13-6-7-13)15(19)11(2)22-14-5-3-4-12(17)8-14/h3-5,8,10-11,13H,6-7,9H2,1-2H3,(H,20,21). The van der Waals surface area contributed by atoms with E-state index in [1.54, 1.807) is 24.8 Å². The molecule has 2 unspecified atom stereocenters. The van der Waals surface area contributed by atoms with Crippen molar-refractivity contribution in [3.63, 3.8) is 0 Å². The van der Waals surface area contributed by atoms with Crippen molar-refractivity contribution in [3.8, 4) is 5.75 Å². The highest BCUT2D eigenvalue weighted by molar-refractivity contribution is 5.82. The zero-order valence-corrected chi connectivity index (χ0v) is 12.7. The summed E-state index contributed by atoms with van der Waals surface area (Å²) < 4.78 is 18.6. The number of carbonyl (C=O) groups is 2. The summed E-state index contributed by atoms with van der Waals surface area (Å²) >= 11 is 0. The Labute approximate surface area is 128 Å². The van der Waals surface area contributed by atoms with Crippen LogP contribution in [0, 0.1) is 11.7 Å². The van der Waals surface area contributed by atoms with Gasteiger partial charge in [-0.25, -0.2) is 4.39 Å². The maximum absolute atomic E-state index is 13.1. The minimum atomic E-state index is -0.933. The second-order valence-electron chi connectivity index (χ2n) is 5.68. The first-order valence-corrected chi connectivity index (χ1v) is 7.34. The quantitative estimate of drug-likeness (QED) is 0.839. The smallest absolute Gasteiger partial charge is 0.308 e. The zero-order chi connectivity index (χ0) is 16.3. The number of carboxylic acids is 1. The van der Waals surface area contributed by atoms with E-state index in [1.165, 1.54) is 18.2 Å². The van der Waals surface area contributed by atoms with Crippen molar-refractivity contribution in [1.29, 1.82) is 0 Å². The molecule has 1 N–H and O–H groups in total. The third kappa shape index (κ3) is 4.19. The summed E-state index contributed by atoms with van der Waals surface area (Å²) in [5, 5.41) is 9.01. The molecule has 1 aliphatic carbocycles. The van der Waals surface area contributed by atoms with Crippen LogP contribution >= 0.6 is 0 Å². The van der Waals surface area contributed by atoms with Crippen molar-refractivity contribution in [2.24, 2.45) is 5.92 Å². The van der Waals surface area contributed by atoms with Gasteiger partial charge in [-0.1, -0.05) is 13.0 Å². The molecule has 1 aromatic rings. The van der Waals surface area contributed by atoms with Gasteiger partial charge in [0.15, 0.2) is 6.10 Å². The average molecular weight is 309 g/mol. The van der Waals surface area contributed by atoms with Crippen molar-refractivity contribution >= 4 is 11.9 Å². The number of aliphatic carboxylic acids is 1. The molecule has 0 bridgehead atoms. The van der Waals surface area contributed by atoms with Crippen LogP contribution in [0.2, 0.25) is 0 Å². The van der Waals surface area contributed by atoms with Crippen LogP contribution in [-0.4, -0.2) is 40.6 Å². The van der Waals surface area contributed by atoms with Gasteiger partial charge in [-0.05, 0) is 31.9 Å². The summed E-state index contributed by atoms with van der Waals surface area (Å²) in [5.41, 5.74) is 0. The molecule has 1 fully saturated rings. The molecular weight excluding hydrogens is 289 g/mol. The Morgan fingerprint density at radius 1 is 1.41 bits per heavy atom. The van der Waals surface area contributed by atoms with Crippen LogP contribution in [0.3, 0.4) is 0 Å². The Kier molecular flexibility index (Phi) is 5.00. The highest BCUT2D eigenvalue weighted by atomic mass is 19.1. The predicted octanol–water partition coefficient (Wildman–Crippen LogP) is 2.30. The molecule has 0 heterocycles. The Morgan fingerprint density at radius 3 is 2.64 bits per heavy atom. The topological polar surface area (TPSA) is 66.8 Å². The lowest BCUT2D eigenvalue weighted by atomic mass is 10.1. The summed E-state index contributed by atoms with van der Waals surface area (Å²) in [6, 6.07) is 5.68. The van der Waals surface area contributed by atoms with Crippen LogP contribution in [-0.2, 0) is 9.59 Å². The van der Waals surface area contributed by atoms with Gasteiger partial charge in [0.2, 0.25) is 0 Å². The van der Waals surface area contributed by atoms with Crippen LogP contribution in [0.5, 0.6) is 5.75 Å². The van der Waals surface area contributed by atoms with Gasteiger partial charge >= 0.3 is 5.97 Å². The summed E-state index contributed by atoms with van der Waals surface area (Å²) in [6.07, 6.45) is 0.971. The molecule has 6 heteroatoms. The van der Waals surface area contributed by atoms with Crippen LogP contribution in [0.1, 0.15) is 26.7 Å². The lowest BCUT2D eigenvalue weighted by molar-refractivity contribution is -0.145. The average Bonchev–Trinajstić information content (AvgIpc) is 3.28. The van der Waals surface area contributed by atoms with Gasteiger partial charge in [0.25, 0.3) is 5.91 Å². The fraction of sp³-hybridized carbons (Fsp3) is 0.500. The Bertz CT molecular complexity index is 559. The highest BCUT2D eigenvalue weighted by Gasteiger charge is 2.36. The first-order chi connectivity index (χ1) is 10.4. The zero-order valence-electron chi connectivity index (χ0n) is 12.7. The minimum absolute atomic E-state index is 0.0906. The number of carboxylic acid groups (broad SMARTS) is 1. The summed E-state index contributed by atoms with van der Waals surface area (Å²) in [5.74, 6) is -1.98. The number of amides is 1. The molecule has 0 saturated heterocycles. The van der Waals surface area contributed by atoms with Crippen LogP contribution in [0.25, 0.3) is 0 Å². The highest BCUT2D eigenvalue weighted by Crippen LogP contribution is 2.29. The fourth-order valence-electron chi connectivity index (χ4n) is 2.21. The largest absolute Gasteiger partial charge is 0.481 e. The molecule has 0 radical (unpaired) electrons. The number of rotatable bonds is 7. The van der Waals surface area contributed by atoms with Crippen molar-refractivity contribution in [2.75, 3.05) is 6.54 Å². The molecule has 2 atom stereocenters. The first kappa shape index (κ1) is 16.3. The Balaban J connectivity index is 2.01. The van der Waals surface area contributed by atoms with Gasteiger partial charge in [-0.2, -0.15) is 0 Å². The number of ether oxygens (including phenoxy) is 1. The van der Waals surface area contributed by atoms with E-state index in [0.717, 1.165) is 12.8 Å². The van der Waals surface area contributed by atoms with Crippen molar-refractivity contribution in [2.45, 2.75) is 38.8 Å². The van der Waals surface area contributed by atoms with Crippen molar-refractivity contribution in [1.82, 2.24) is 4.90 Å². The van der Waals surface area contributed by atoms with E-state index < -0.39 is 23.8 Å². The molecular formula is C16H20FNO4. The Hall–Kier alpha value is -2.11. The number of halogens is 1. The van der Waals surface area contributed by atoms with Gasteiger partial charge in [0.1, 0.15) is 11.6 Å². The maximum Gasteiger partial charge on any atom is 0.308 e. The van der Waals surface area contributed by atoms with Gasteiger partial charge in [0, 0.05) is 18.7 Å². The molecule has 22 heavy (non-hydrogen) atoms. The first-order valence-electron chi connectivity index (χ1n) is 7.34. The normalized spacial score (nSPS) is 16.7. The second kappa shape index (κ2) is 6.77. The number of carbonyl (C=O) groups excluding carboxylic acids is 1. The molecule has 0 aliphatic heterocycles. The summed E-state index contributed by atoms with van der Waals surface area (Å²) in [4.78, 5) is 25.0. The lowest BCUT2D eigenvalue weighted by Gasteiger charge is -2.27. The molecule has 1 amide bonds.